The Kier molecular flexibility index (Phi) is 5.92. The van der Waals surface area contributed by atoms with Gasteiger partial charge in [-0.2, -0.15) is 4.89 Å². The average Bonchev–Trinajstić information content (AvgIpc) is 2.36. The van der Waals surface area contributed by atoms with Crippen LogP contribution in [0.1, 0.15) is 12.0 Å². The molecule has 0 heterocycles. The zero-order valence-electron chi connectivity index (χ0n) is 9.85. The van der Waals surface area contributed by atoms with Crippen LogP contribution in [0.2, 0.25) is 0 Å². The van der Waals surface area contributed by atoms with Crippen LogP contribution >= 0.6 is 8.03 Å². The normalized spacial score (nSPS) is 12.4. The predicted molar refractivity (Wildman–Crippen MR) is 65.6 cm³/mol. The van der Waals surface area contributed by atoms with Crippen LogP contribution < -0.4 is 5.32 Å². The molecule has 0 aromatic heterocycles. The Bertz CT molecular complexity index is 464. The number of aliphatic carboxylic acids is 1. The number of hydrogen-bond donors (Lipinski definition) is 3. The molecule has 1 aromatic rings. The van der Waals surface area contributed by atoms with Crippen molar-refractivity contribution in [1.29, 1.82) is 0 Å². The molecular weight excluding hydrogens is 273 g/mol. The van der Waals surface area contributed by atoms with Crippen molar-refractivity contribution in [3.05, 3.63) is 35.9 Å². The number of carboxylic acids is 1. The summed E-state index contributed by atoms with van der Waals surface area (Å²) in [6.45, 7) is -0.00528. The summed E-state index contributed by atoms with van der Waals surface area (Å²) in [5.74, 6) is -2.65. The lowest BCUT2D eigenvalue weighted by Gasteiger charge is -2.07. The van der Waals surface area contributed by atoms with Crippen LogP contribution in [0.4, 0.5) is 4.79 Å². The zero-order valence-corrected chi connectivity index (χ0v) is 10.7. The first-order valence-corrected chi connectivity index (χ1v) is 6.61. The molecule has 19 heavy (non-hydrogen) atoms. The summed E-state index contributed by atoms with van der Waals surface area (Å²) in [5.41, 5.74) is 0.751. The summed E-state index contributed by atoms with van der Waals surface area (Å²) in [7, 11) is -2.84. The number of hydrogen-bond acceptors (Lipinski definition) is 4. The molecule has 0 saturated heterocycles. The van der Waals surface area contributed by atoms with Crippen molar-refractivity contribution < 1.29 is 28.9 Å². The smallest absolute Gasteiger partial charge is 0.481 e. The number of rotatable bonds is 6. The van der Waals surface area contributed by atoms with Crippen molar-refractivity contribution >= 4 is 20.1 Å². The summed E-state index contributed by atoms with van der Waals surface area (Å²) in [4.78, 5) is 30.7. The lowest BCUT2D eigenvalue weighted by Crippen LogP contribution is -2.34. The number of carbonyl (C=O) groups excluding carboxylic acids is 1. The molecule has 1 amide bonds. The Balaban J connectivity index is 2.45. The highest BCUT2D eigenvalue weighted by Crippen LogP contribution is 2.22. The van der Waals surface area contributed by atoms with E-state index in [1.165, 1.54) is 0 Å². The van der Waals surface area contributed by atoms with Gasteiger partial charge in [-0.3, -0.25) is 10.1 Å². The van der Waals surface area contributed by atoms with E-state index in [1.54, 1.807) is 24.3 Å². The molecule has 7 nitrogen and oxygen atoms in total. The van der Waals surface area contributed by atoms with Crippen LogP contribution in [0, 0.1) is 0 Å². The van der Waals surface area contributed by atoms with Gasteiger partial charge in [-0.05, 0) is 10.1 Å². The molecule has 1 rings (SSSR count). The van der Waals surface area contributed by atoms with Gasteiger partial charge >= 0.3 is 20.1 Å². The molecule has 0 aliphatic rings. The van der Waals surface area contributed by atoms with E-state index in [2.05, 4.69) is 0 Å². The number of alkyl carbamates (subject to hydrolysis) is 1. The highest BCUT2D eigenvalue weighted by Gasteiger charge is 2.33. The molecule has 0 aliphatic heterocycles. The van der Waals surface area contributed by atoms with Crippen LogP contribution in [0.5, 0.6) is 0 Å². The summed E-state index contributed by atoms with van der Waals surface area (Å²) >= 11 is 0. The molecule has 2 atom stereocenters. The molecule has 0 spiro atoms. The van der Waals surface area contributed by atoms with Crippen LogP contribution in [-0.4, -0.2) is 27.8 Å². The maximum atomic E-state index is 11.3. The van der Waals surface area contributed by atoms with Gasteiger partial charge in [0.15, 0.2) is 0 Å². The van der Waals surface area contributed by atoms with Crippen molar-refractivity contribution in [3.8, 4) is 0 Å². The number of ether oxygens (including phenoxy) is 1. The summed E-state index contributed by atoms with van der Waals surface area (Å²) in [5, 5.41) is 10.6. The second kappa shape index (κ2) is 7.45. The van der Waals surface area contributed by atoms with Crippen LogP contribution in [0.3, 0.4) is 0 Å². The van der Waals surface area contributed by atoms with E-state index in [0.717, 1.165) is 5.56 Å². The summed E-state index contributed by atoms with van der Waals surface area (Å²) in [6.07, 6.45) is -1.58. The lowest BCUT2D eigenvalue weighted by molar-refractivity contribution is -0.137. The van der Waals surface area contributed by atoms with Crippen molar-refractivity contribution in [1.82, 2.24) is 5.32 Å². The monoisotopic (exact) mass is 286 g/mol. The second-order valence-electron chi connectivity index (χ2n) is 3.62. The van der Waals surface area contributed by atoms with Gasteiger partial charge in [0.05, 0.1) is 0 Å². The third-order valence-electron chi connectivity index (χ3n) is 2.13. The quantitative estimate of drug-likeness (QED) is 0.682. The van der Waals surface area contributed by atoms with E-state index in [-0.39, 0.29) is 6.61 Å². The van der Waals surface area contributed by atoms with Gasteiger partial charge in [-0.25, -0.2) is 4.79 Å². The van der Waals surface area contributed by atoms with E-state index in [1.807, 2.05) is 11.4 Å². The van der Waals surface area contributed by atoms with E-state index < -0.39 is 32.3 Å². The van der Waals surface area contributed by atoms with E-state index in [0.29, 0.717) is 0 Å². The SMILES string of the molecule is O=C(O)CC(NC(=O)OCc1ccccc1)[P+](=O)O. The Labute approximate surface area is 110 Å². The van der Waals surface area contributed by atoms with Crippen LogP contribution in [-0.2, 0) is 20.7 Å². The molecule has 0 bridgehead atoms. The fraction of sp³-hybridized carbons (Fsp3) is 0.273. The first-order chi connectivity index (χ1) is 8.99. The van der Waals surface area contributed by atoms with Crippen molar-refractivity contribution in [2.24, 2.45) is 0 Å². The molecule has 2 unspecified atom stereocenters. The van der Waals surface area contributed by atoms with Crippen molar-refractivity contribution in [2.45, 2.75) is 18.8 Å². The Morgan fingerprint density at radius 2 is 1.95 bits per heavy atom. The standard InChI is InChI=1S/C11H12NO6P/c13-10(14)6-9(19(16)17)12-11(15)18-7-8-4-2-1-3-5-8/h1-5,9H,6-7H2,(H2-,12,13,14,15,16,17)/p+1. The molecule has 0 fully saturated rings. The van der Waals surface area contributed by atoms with Gasteiger partial charge in [0.25, 0.3) is 5.78 Å². The minimum Gasteiger partial charge on any atom is -0.481 e. The average molecular weight is 286 g/mol. The van der Waals surface area contributed by atoms with E-state index in [9.17, 15) is 14.2 Å². The molecule has 0 saturated carbocycles. The third-order valence-corrected chi connectivity index (χ3v) is 2.98. The highest BCUT2D eigenvalue weighted by molar-refractivity contribution is 7.38. The molecule has 102 valence electrons. The minimum atomic E-state index is -2.84. The largest absolute Gasteiger partial charge is 0.531 e. The summed E-state index contributed by atoms with van der Waals surface area (Å²) in [6, 6.07) is 8.84. The number of amides is 1. The maximum absolute atomic E-state index is 11.3. The summed E-state index contributed by atoms with van der Waals surface area (Å²) < 4.78 is 15.7. The Morgan fingerprint density at radius 3 is 2.47 bits per heavy atom. The molecule has 0 radical (unpaired) electrons. The third kappa shape index (κ3) is 5.94. The van der Waals surface area contributed by atoms with Gasteiger partial charge in [-0.1, -0.05) is 30.3 Å². The Morgan fingerprint density at radius 1 is 1.32 bits per heavy atom. The number of carboxylic acid groups (broad SMARTS) is 1. The molecule has 3 N–H and O–H groups in total. The van der Waals surface area contributed by atoms with Gasteiger partial charge in [0.1, 0.15) is 13.0 Å². The van der Waals surface area contributed by atoms with E-state index >= 15 is 0 Å². The van der Waals surface area contributed by atoms with E-state index in [4.69, 9.17) is 14.7 Å². The van der Waals surface area contributed by atoms with Gasteiger partial charge in [0, 0.05) is 0 Å². The fourth-order valence-electron chi connectivity index (χ4n) is 1.25. The van der Waals surface area contributed by atoms with Crippen LogP contribution in [0.15, 0.2) is 30.3 Å². The first kappa shape index (κ1) is 15.1. The molecule has 1 aromatic carbocycles. The van der Waals surface area contributed by atoms with Gasteiger partial charge < -0.3 is 9.84 Å². The van der Waals surface area contributed by atoms with Crippen molar-refractivity contribution in [2.75, 3.05) is 0 Å². The van der Waals surface area contributed by atoms with Crippen LogP contribution in [0.25, 0.3) is 0 Å². The number of nitrogens with one attached hydrogen (secondary N) is 1. The number of carbonyl (C=O) groups is 2. The molecule has 0 aliphatic carbocycles. The zero-order chi connectivity index (χ0) is 14.3. The van der Waals surface area contributed by atoms with Gasteiger partial charge in [-0.15, -0.1) is 0 Å². The topological polar surface area (TPSA) is 113 Å². The lowest BCUT2D eigenvalue weighted by atomic mass is 10.2. The highest BCUT2D eigenvalue weighted by atomic mass is 31.1. The second-order valence-corrected chi connectivity index (χ2v) is 4.85. The molecular formula is C11H13NO6P+. The minimum absolute atomic E-state index is 0.00528. The maximum Gasteiger partial charge on any atom is 0.531 e. The Hall–Kier alpha value is -1.98. The fourth-order valence-corrected chi connectivity index (χ4v) is 1.78. The predicted octanol–water partition coefficient (Wildman–Crippen LogP) is 1.45. The first-order valence-electron chi connectivity index (χ1n) is 5.33. The van der Waals surface area contributed by atoms with Gasteiger partial charge in [0.2, 0.25) is 0 Å². The van der Waals surface area contributed by atoms with Crippen molar-refractivity contribution in [3.63, 3.8) is 0 Å². The molecule has 8 heteroatoms. The number of benzene rings is 1.